The summed E-state index contributed by atoms with van der Waals surface area (Å²) >= 11 is 0. The minimum Gasteiger partial charge on any atom is -0.492 e. The van der Waals surface area contributed by atoms with E-state index < -0.39 is 23.7 Å². The first-order valence-corrected chi connectivity index (χ1v) is 11.3. The van der Waals surface area contributed by atoms with Crippen LogP contribution in [0.25, 0.3) is 0 Å². The van der Waals surface area contributed by atoms with Crippen molar-refractivity contribution in [1.82, 2.24) is 4.98 Å². The van der Waals surface area contributed by atoms with Crippen LogP contribution in [-0.4, -0.2) is 24.7 Å². The standard InChI is InChI=1S/C26H21F4NO5/c1-33-24(32)10-14-13-34-22-11-16(3-4-17(14)22)35-21-7-5-18-20(8-6-19(27)25(18)21)36-23-9-2-15(12-31-23)26(28,29)30/h2-4,6,8-9,11-12,14,21H,5,7,10,13H2,1H3. The van der Waals surface area contributed by atoms with Crippen molar-refractivity contribution in [2.24, 2.45) is 0 Å². The van der Waals surface area contributed by atoms with E-state index in [4.69, 9.17) is 18.9 Å². The number of rotatable bonds is 6. The van der Waals surface area contributed by atoms with Crippen LogP contribution in [0.2, 0.25) is 0 Å². The number of carbonyl (C=O) groups excluding carboxylic acids is 1. The summed E-state index contributed by atoms with van der Waals surface area (Å²) in [5.74, 6) is 0.483. The number of methoxy groups -OCH3 is 1. The van der Waals surface area contributed by atoms with Crippen LogP contribution in [0, 0.1) is 5.82 Å². The Labute approximate surface area is 203 Å². The lowest BCUT2D eigenvalue weighted by Crippen LogP contribution is -2.09. The molecule has 1 aliphatic carbocycles. The summed E-state index contributed by atoms with van der Waals surface area (Å²) in [6.07, 6.45) is -3.25. The summed E-state index contributed by atoms with van der Waals surface area (Å²) in [5, 5.41) is 0. The largest absolute Gasteiger partial charge is 0.492 e. The molecule has 0 bridgehead atoms. The van der Waals surface area contributed by atoms with E-state index in [-0.39, 0.29) is 24.2 Å². The van der Waals surface area contributed by atoms with Gasteiger partial charge in [0.1, 0.15) is 29.2 Å². The van der Waals surface area contributed by atoms with Gasteiger partial charge < -0.3 is 18.9 Å². The summed E-state index contributed by atoms with van der Waals surface area (Å²) in [7, 11) is 1.34. The third kappa shape index (κ3) is 4.67. The molecule has 10 heteroatoms. The van der Waals surface area contributed by atoms with E-state index in [2.05, 4.69) is 4.98 Å². The van der Waals surface area contributed by atoms with Gasteiger partial charge in [-0.25, -0.2) is 9.37 Å². The second kappa shape index (κ2) is 9.33. The predicted octanol–water partition coefficient (Wildman–Crippen LogP) is 6.14. The monoisotopic (exact) mass is 503 g/mol. The number of alkyl halides is 3. The highest BCUT2D eigenvalue weighted by molar-refractivity contribution is 5.71. The van der Waals surface area contributed by atoms with Gasteiger partial charge in [-0.05, 0) is 37.1 Å². The number of hydrogen-bond donors (Lipinski definition) is 0. The number of nitrogens with zero attached hydrogens (tertiary/aromatic N) is 1. The van der Waals surface area contributed by atoms with Gasteiger partial charge in [-0.3, -0.25) is 4.79 Å². The van der Waals surface area contributed by atoms with Crippen molar-refractivity contribution < 1.29 is 41.3 Å². The molecule has 6 nitrogen and oxygen atoms in total. The van der Waals surface area contributed by atoms with Crippen molar-refractivity contribution in [3.05, 3.63) is 76.7 Å². The maximum atomic E-state index is 14.8. The van der Waals surface area contributed by atoms with Crippen LogP contribution >= 0.6 is 0 Å². The van der Waals surface area contributed by atoms with Gasteiger partial charge in [0, 0.05) is 40.9 Å². The van der Waals surface area contributed by atoms with Crippen molar-refractivity contribution in [2.45, 2.75) is 37.5 Å². The Morgan fingerprint density at radius 2 is 2.00 bits per heavy atom. The van der Waals surface area contributed by atoms with Gasteiger partial charge in [-0.15, -0.1) is 0 Å². The van der Waals surface area contributed by atoms with E-state index in [9.17, 15) is 22.4 Å². The minimum atomic E-state index is -4.50. The van der Waals surface area contributed by atoms with Gasteiger partial charge in [-0.1, -0.05) is 6.07 Å². The third-order valence-electron chi connectivity index (χ3n) is 6.30. The number of esters is 1. The number of halogens is 4. The zero-order valence-electron chi connectivity index (χ0n) is 19.1. The molecule has 0 N–H and O–H groups in total. The molecule has 1 aliphatic heterocycles. The second-order valence-electron chi connectivity index (χ2n) is 8.56. The first-order chi connectivity index (χ1) is 17.2. The fourth-order valence-electron chi connectivity index (χ4n) is 4.52. The number of ether oxygens (including phenoxy) is 4. The van der Waals surface area contributed by atoms with E-state index >= 15 is 0 Å². The third-order valence-corrected chi connectivity index (χ3v) is 6.30. The molecule has 3 aromatic rings. The van der Waals surface area contributed by atoms with E-state index in [1.165, 1.54) is 19.2 Å². The predicted molar refractivity (Wildman–Crippen MR) is 119 cm³/mol. The lowest BCUT2D eigenvalue weighted by Gasteiger charge is -2.17. The van der Waals surface area contributed by atoms with Crippen LogP contribution in [0.4, 0.5) is 17.6 Å². The van der Waals surface area contributed by atoms with Gasteiger partial charge in [0.2, 0.25) is 5.88 Å². The van der Waals surface area contributed by atoms with Gasteiger partial charge in [0.15, 0.2) is 0 Å². The highest BCUT2D eigenvalue weighted by atomic mass is 19.4. The molecule has 0 amide bonds. The van der Waals surface area contributed by atoms with Gasteiger partial charge in [-0.2, -0.15) is 13.2 Å². The average Bonchev–Trinajstić information content (AvgIpc) is 3.45. The van der Waals surface area contributed by atoms with Crippen molar-refractivity contribution in [3.8, 4) is 23.1 Å². The molecular weight excluding hydrogens is 482 g/mol. The van der Waals surface area contributed by atoms with Crippen LogP contribution in [0.3, 0.4) is 0 Å². The first-order valence-electron chi connectivity index (χ1n) is 11.3. The summed E-state index contributed by atoms with van der Waals surface area (Å²) in [6.45, 7) is 0.355. The Kier molecular flexibility index (Phi) is 6.19. The average molecular weight is 503 g/mol. The van der Waals surface area contributed by atoms with E-state index in [0.717, 1.165) is 17.7 Å². The van der Waals surface area contributed by atoms with E-state index in [0.29, 0.717) is 54.0 Å². The second-order valence-corrected chi connectivity index (χ2v) is 8.56. The summed E-state index contributed by atoms with van der Waals surface area (Å²) in [5.41, 5.74) is 0.912. The summed E-state index contributed by atoms with van der Waals surface area (Å²) in [4.78, 5) is 15.4. The number of fused-ring (bicyclic) bond motifs is 2. The fraction of sp³-hybridized carbons (Fsp3) is 0.308. The molecule has 0 spiro atoms. The van der Waals surface area contributed by atoms with Crippen molar-refractivity contribution in [1.29, 1.82) is 0 Å². The summed E-state index contributed by atoms with van der Waals surface area (Å²) in [6, 6.07) is 9.97. The van der Waals surface area contributed by atoms with Crippen LogP contribution < -0.4 is 14.2 Å². The number of pyridine rings is 1. The summed E-state index contributed by atoms with van der Waals surface area (Å²) < 4.78 is 75.4. The van der Waals surface area contributed by atoms with Gasteiger partial charge in [0.05, 0.1) is 25.7 Å². The Morgan fingerprint density at radius 1 is 1.17 bits per heavy atom. The molecule has 2 heterocycles. The molecule has 0 saturated carbocycles. The molecule has 0 fully saturated rings. The molecular formula is C26H21F4NO5. The number of carbonyl (C=O) groups is 1. The highest BCUT2D eigenvalue weighted by Crippen LogP contribution is 2.44. The molecule has 188 valence electrons. The normalized spacial score (nSPS) is 18.2. The Balaban J connectivity index is 1.33. The van der Waals surface area contributed by atoms with Crippen molar-refractivity contribution >= 4 is 5.97 Å². The molecule has 1 aromatic heterocycles. The van der Waals surface area contributed by atoms with Crippen LogP contribution in [0.15, 0.2) is 48.7 Å². The maximum absolute atomic E-state index is 14.8. The lowest BCUT2D eigenvalue weighted by molar-refractivity contribution is -0.141. The van der Waals surface area contributed by atoms with Crippen LogP contribution in [0.5, 0.6) is 23.1 Å². The number of benzene rings is 2. The Hall–Kier alpha value is -3.82. The molecule has 2 aliphatic rings. The van der Waals surface area contributed by atoms with Crippen LogP contribution in [0.1, 0.15) is 47.1 Å². The van der Waals surface area contributed by atoms with E-state index in [1.54, 1.807) is 12.1 Å². The maximum Gasteiger partial charge on any atom is 0.417 e. The van der Waals surface area contributed by atoms with Gasteiger partial charge in [0.25, 0.3) is 0 Å². The lowest BCUT2D eigenvalue weighted by atomic mass is 9.98. The van der Waals surface area contributed by atoms with Crippen molar-refractivity contribution in [2.75, 3.05) is 13.7 Å². The fourth-order valence-corrected chi connectivity index (χ4v) is 4.52. The molecule has 0 radical (unpaired) electrons. The SMILES string of the molecule is COC(=O)CC1COc2cc(OC3CCc4c(Oc5ccc(C(F)(F)F)cn5)ccc(F)c43)ccc21. The topological polar surface area (TPSA) is 66.9 Å². The highest BCUT2D eigenvalue weighted by Gasteiger charge is 2.33. The zero-order valence-corrected chi connectivity index (χ0v) is 19.1. The molecule has 2 aromatic carbocycles. The van der Waals surface area contributed by atoms with Crippen molar-refractivity contribution in [3.63, 3.8) is 0 Å². The molecule has 36 heavy (non-hydrogen) atoms. The molecule has 5 rings (SSSR count). The van der Waals surface area contributed by atoms with Gasteiger partial charge >= 0.3 is 12.1 Å². The minimum absolute atomic E-state index is 0.0292. The molecule has 2 atom stereocenters. The Bertz CT molecular complexity index is 1290. The molecule has 2 unspecified atom stereocenters. The smallest absolute Gasteiger partial charge is 0.417 e. The van der Waals surface area contributed by atoms with Crippen LogP contribution in [-0.2, 0) is 22.1 Å². The number of hydrogen-bond acceptors (Lipinski definition) is 6. The first kappa shape index (κ1) is 23.9. The Morgan fingerprint density at radius 3 is 2.72 bits per heavy atom. The van der Waals surface area contributed by atoms with E-state index in [1.807, 2.05) is 6.07 Å². The number of aromatic nitrogens is 1. The molecule has 0 saturated heterocycles. The quantitative estimate of drug-likeness (QED) is 0.298. The zero-order chi connectivity index (χ0) is 25.4.